The molecule has 0 atom stereocenters. The molecule has 1 aromatic rings. The van der Waals surface area contributed by atoms with E-state index >= 15 is 0 Å². The number of carbonyl (C=O) groups is 1. The van der Waals surface area contributed by atoms with Crippen LogP contribution >= 0.6 is 0 Å². The SMILES string of the molecule is C=C[CH]c1ccc(F)c(C(F)(F)F)c1C(N)=O. The van der Waals surface area contributed by atoms with Crippen molar-refractivity contribution < 1.29 is 22.4 Å². The van der Waals surface area contributed by atoms with Gasteiger partial charge in [-0.25, -0.2) is 4.39 Å². The van der Waals surface area contributed by atoms with Gasteiger partial charge in [0.2, 0.25) is 5.91 Å². The lowest BCUT2D eigenvalue weighted by atomic mass is 9.97. The molecular formula is C11H8F4NO. The van der Waals surface area contributed by atoms with E-state index in [2.05, 4.69) is 6.58 Å². The monoisotopic (exact) mass is 246 g/mol. The lowest BCUT2D eigenvalue weighted by Gasteiger charge is -2.14. The van der Waals surface area contributed by atoms with E-state index in [0.717, 1.165) is 12.5 Å². The van der Waals surface area contributed by atoms with Gasteiger partial charge in [0.05, 0.1) is 5.56 Å². The van der Waals surface area contributed by atoms with E-state index < -0.39 is 29.0 Å². The molecule has 0 aromatic heterocycles. The average Bonchev–Trinajstić information content (AvgIpc) is 2.18. The molecule has 91 valence electrons. The molecular weight excluding hydrogens is 238 g/mol. The fourth-order valence-electron chi connectivity index (χ4n) is 1.40. The van der Waals surface area contributed by atoms with Gasteiger partial charge in [0.1, 0.15) is 11.4 Å². The minimum atomic E-state index is -4.99. The second kappa shape index (κ2) is 4.57. The van der Waals surface area contributed by atoms with Gasteiger partial charge in [-0.3, -0.25) is 4.79 Å². The van der Waals surface area contributed by atoms with Crippen LogP contribution < -0.4 is 5.73 Å². The minimum Gasteiger partial charge on any atom is -0.366 e. The molecule has 0 bridgehead atoms. The molecule has 2 nitrogen and oxygen atoms in total. The van der Waals surface area contributed by atoms with Gasteiger partial charge in [-0.15, -0.1) is 6.58 Å². The number of benzene rings is 1. The zero-order valence-electron chi connectivity index (χ0n) is 8.51. The molecule has 1 aromatic carbocycles. The molecule has 0 unspecified atom stereocenters. The van der Waals surface area contributed by atoms with Crippen LogP contribution in [0.15, 0.2) is 24.8 Å². The molecule has 0 saturated heterocycles. The van der Waals surface area contributed by atoms with Crippen molar-refractivity contribution in [1.29, 1.82) is 0 Å². The van der Waals surface area contributed by atoms with Gasteiger partial charge >= 0.3 is 6.18 Å². The summed E-state index contributed by atoms with van der Waals surface area (Å²) in [5.74, 6) is -2.88. The normalized spacial score (nSPS) is 11.3. The molecule has 1 rings (SSSR count). The van der Waals surface area contributed by atoms with Crippen LogP contribution in [-0.2, 0) is 6.18 Å². The van der Waals surface area contributed by atoms with Crippen molar-refractivity contribution in [3.8, 4) is 0 Å². The number of alkyl halides is 3. The van der Waals surface area contributed by atoms with E-state index in [1.54, 1.807) is 0 Å². The van der Waals surface area contributed by atoms with Crippen molar-refractivity contribution in [2.24, 2.45) is 5.73 Å². The van der Waals surface area contributed by atoms with Crippen LogP contribution in [-0.4, -0.2) is 5.91 Å². The molecule has 0 spiro atoms. The Bertz CT molecular complexity index is 465. The van der Waals surface area contributed by atoms with Crippen molar-refractivity contribution in [1.82, 2.24) is 0 Å². The molecule has 1 radical (unpaired) electrons. The number of carbonyl (C=O) groups excluding carboxylic acids is 1. The van der Waals surface area contributed by atoms with Crippen LogP contribution in [0.2, 0.25) is 0 Å². The quantitative estimate of drug-likeness (QED) is 0.818. The summed E-state index contributed by atoms with van der Waals surface area (Å²) in [6, 6.07) is 1.66. The van der Waals surface area contributed by atoms with E-state index in [0.29, 0.717) is 6.07 Å². The van der Waals surface area contributed by atoms with E-state index in [4.69, 9.17) is 5.73 Å². The highest BCUT2D eigenvalue weighted by Gasteiger charge is 2.39. The number of nitrogens with two attached hydrogens (primary N) is 1. The summed E-state index contributed by atoms with van der Waals surface area (Å²) in [5.41, 5.74) is 2.18. The van der Waals surface area contributed by atoms with Gasteiger partial charge in [-0.2, -0.15) is 13.2 Å². The van der Waals surface area contributed by atoms with Gasteiger partial charge in [0.15, 0.2) is 0 Å². The van der Waals surface area contributed by atoms with Crippen LogP contribution in [0.4, 0.5) is 17.6 Å². The van der Waals surface area contributed by atoms with Crippen LogP contribution in [0, 0.1) is 12.2 Å². The molecule has 2 N–H and O–H groups in total. The Kier molecular flexibility index (Phi) is 3.55. The molecule has 17 heavy (non-hydrogen) atoms. The van der Waals surface area contributed by atoms with Crippen LogP contribution in [0.3, 0.4) is 0 Å². The Morgan fingerprint density at radius 2 is 1.94 bits per heavy atom. The van der Waals surface area contributed by atoms with Crippen molar-refractivity contribution in [2.45, 2.75) is 6.18 Å². The van der Waals surface area contributed by atoms with E-state index in [9.17, 15) is 22.4 Å². The Balaban J connectivity index is 3.60. The summed E-state index contributed by atoms with van der Waals surface area (Å²) in [7, 11) is 0. The second-order valence-electron chi connectivity index (χ2n) is 3.15. The number of primary amides is 1. The van der Waals surface area contributed by atoms with Crippen LogP contribution in [0.1, 0.15) is 21.5 Å². The van der Waals surface area contributed by atoms with E-state index in [1.807, 2.05) is 0 Å². The first kappa shape index (κ1) is 13.2. The van der Waals surface area contributed by atoms with Crippen LogP contribution in [0.5, 0.6) is 0 Å². The maximum Gasteiger partial charge on any atom is 0.420 e. The lowest BCUT2D eigenvalue weighted by molar-refractivity contribution is -0.140. The van der Waals surface area contributed by atoms with Gasteiger partial charge in [0, 0.05) is 6.42 Å². The highest BCUT2D eigenvalue weighted by Crippen LogP contribution is 2.35. The highest BCUT2D eigenvalue weighted by molar-refractivity contribution is 5.96. The predicted molar refractivity (Wildman–Crippen MR) is 53.5 cm³/mol. The van der Waals surface area contributed by atoms with Crippen molar-refractivity contribution in [3.63, 3.8) is 0 Å². The number of amides is 1. The fourth-order valence-corrected chi connectivity index (χ4v) is 1.40. The number of halogens is 4. The first-order valence-electron chi connectivity index (χ1n) is 4.44. The number of allylic oxidation sites excluding steroid dienone is 1. The molecule has 0 aliphatic rings. The Morgan fingerprint density at radius 3 is 2.35 bits per heavy atom. The molecule has 0 saturated carbocycles. The first-order chi connectivity index (χ1) is 7.79. The lowest BCUT2D eigenvalue weighted by Crippen LogP contribution is -2.22. The van der Waals surface area contributed by atoms with Gasteiger partial charge < -0.3 is 5.73 Å². The van der Waals surface area contributed by atoms with Crippen molar-refractivity contribution in [2.75, 3.05) is 0 Å². The van der Waals surface area contributed by atoms with Gasteiger partial charge in [-0.05, 0) is 11.6 Å². The van der Waals surface area contributed by atoms with E-state index in [1.165, 1.54) is 6.08 Å². The van der Waals surface area contributed by atoms with E-state index in [-0.39, 0.29) is 5.56 Å². The summed E-state index contributed by atoms with van der Waals surface area (Å²) < 4.78 is 51.0. The third-order valence-corrected chi connectivity index (χ3v) is 2.01. The molecule has 6 heteroatoms. The zero-order valence-corrected chi connectivity index (χ0v) is 8.51. The smallest absolute Gasteiger partial charge is 0.366 e. The first-order valence-corrected chi connectivity index (χ1v) is 4.44. The predicted octanol–water partition coefficient (Wildman–Crippen LogP) is 2.68. The van der Waals surface area contributed by atoms with Gasteiger partial charge in [-0.1, -0.05) is 12.1 Å². The molecule has 0 aliphatic carbocycles. The standard InChI is InChI=1S/C11H8F4NO/c1-2-3-6-4-5-7(12)9(11(13,14)15)8(6)10(16)17/h2-5H,1H2,(H2,16,17). The summed E-state index contributed by atoms with van der Waals surface area (Å²) in [5, 5.41) is 0. The largest absolute Gasteiger partial charge is 0.420 e. The highest BCUT2D eigenvalue weighted by atomic mass is 19.4. The summed E-state index contributed by atoms with van der Waals surface area (Å²) in [4.78, 5) is 11.0. The Hall–Kier alpha value is -1.85. The Labute approximate surface area is 94.7 Å². The molecule has 0 fully saturated rings. The third kappa shape index (κ3) is 2.64. The third-order valence-electron chi connectivity index (χ3n) is 2.01. The maximum absolute atomic E-state index is 13.2. The Morgan fingerprint density at radius 1 is 1.35 bits per heavy atom. The summed E-state index contributed by atoms with van der Waals surface area (Å²) in [6.07, 6.45) is -2.66. The molecule has 0 aliphatic heterocycles. The zero-order chi connectivity index (χ0) is 13.2. The van der Waals surface area contributed by atoms with Gasteiger partial charge in [0.25, 0.3) is 0 Å². The summed E-state index contributed by atoms with van der Waals surface area (Å²) in [6.45, 7) is 3.29. The topological polar surface area (TPSA) is 43.1 Å². The van der Waals surface area contributed by atoms with Crippen molar-refractivity contribution >= 4 is 5.91 Å². The number of hydrogen-bond acceptors (Lipinski definition) is 1. The summed E-state index contributed by atoms with van der Waals surface area (Å²) >= 11 is 0. The number of hydrogen-bond donors (Lipinski definition) is 1. The second-order valence-corrected chi connectivity index (χ2v) is 3.15. The minimum absolute atomic E-state index is 0.124. The van der Waals surface area contributed by atoms with Crippen molar-refractivity contribution in [3.05, 3.63) is 53.7 Å². The number of rotatable bonds is 3. The van der Waals surface area contributed by atoms with Crippen LogP contribution in [0.25, 0.3) is 0 Å². The average molecular weight is 246 g/mol. The fraction of sp³-hybridized carbons (Fsp3) is 0.0909. The molecule has 1 amide bonds. The molecule has 0 heterocycles. The maximum atomic E-state index is 13.2.